The smallest absolute Gasteiger partial charge is 0.316 e. The molecule has 0 heterocycles. The van der Waals surface area contributed by atoms with E-state index in [1.165, 1.54) is 13.8 Å². The van der Waals surface area contributed by atoms with Crippen LogP contribution in [0.4, 0.5) is 0 Å². The van der Waals surface area contributed by atoms with Crippen LogP contribution in [-0.4, -0.2) is 39.8 Å². The summed E-state index contributed by atoms with van der Waals surface area (Å²) < 4.78 is 0. The van der Waals surface area contributed by atoms with Crippen LogP contribution in [0.2, 0.25) is 0 Å². The Hall–Kier alpha value is -1.04. The molecule has 0 aliphatic heterocycles. The maximum atomic E-state index is 11.5. The van der Waals surface area contributed by atoms with Gasteiger partial charge in [0, 0.05) is 0 Å². The lowest BCUT2D eigenvalue weighted by molar-refractivity contribution is -0.136. The van der Waals surface area contributed by atoms with Crippen molar-refractivity contribution in [2.45, 2.75) is 39.0 Å². The third-order valence-corrected chi connectivity index (χ3v) is 3.36. The minimum absolute atomic E-state index is 0.0262. The Morgan fingerprint density at radius 2 is 1.76 bits per heavy atom. The highest BCUT2D eigenvalue weighted by Crippen LogP contribution is 2.10. The van der Waals surface area contributed by atoms with Crippen LogP contribution >= 0.6 is 11.8 Å². The summed E-state index contributed by atoms with van der Waals surface area (Å²) in [4.78, 5) is 33.3. The van der Waals surface area contributed by atoms with Gasteiger partial charge in [-0.05, 0) is 19.8 Å². The highest BCUT2D eigenvalue weighted by Gasteiger charge is 2.21. The first-order valence-electron chi connectivity index (χ1n) is 5.40. The summed E-state index contributed by atoms with van der Waals surface area (Å²) >= 11 is 1.04. The highest BCUT2D eigenvalue weighted by atomic mass is 32.2. The summed E-state index contributed by atoms with van der Waals surface area (Å²) in [6.07, 6.45) is 0. The van der Waals surface area contributed by atoms with Crippen LogP contribution in [0, 0.1) is 5.92 Å². The van der Waals surface area contributed by atoms with Crippen molar-refractivity contribution in [1.82, 2.24) is 5.32 Å². The van der Waals surface area contributed by atoms with E-state index in [0.29, 0.717) is 0 Å². The van der Waals surface area contributed by atoms with E-state index in [1.54, 1.807) is 0 Å². The zero-order chi connectivity index (χ0) is 13.6. The normalized spacial score (nSPS) is 14.2. The zero-order valence-electron chi connectivity index (χ0n) is 10.5. The summed E-state index contributed by atoms with van der Waals surface area (Å²) in [5, 5.41) is 10.6. The van der Waals surface area contributed by atoms with E-state index < -0.39 is 17.3 Å². The fourth-order valence-electron chi connectivity index (χ4n) is 1.22. The Morgan fingerprint density at radius 1 is 1.24 bits per heavy atom. The molecule has 17 heavy (non-hydrogen) atoms. The van der Waals surface area contributed by atoms with Crippen molar-refractivity contribution in [3.8, 4) is 0 Å². The summed E-state index contributed by atoms with van der Waals surface area (Å²) in [5.74, 6) is -1.28. The second kappa shape index (κ2) is 7.32. The van der Waals surface area contributed by atoms with Crippen molar-refractivity contribution in [2.75, 3.05) is 5.75 Å². The molecule has 0 aromatic carbocycles. The summed E-state index contributed by atoms with van der Waals surface area (Å²) in [5.41, 5.74) is 0. The van der Waals surface area contributed by atoms with Gasteiger partial charge in [0.15, 0.2) is 5.78 Å². The topological polar surface area (TPSA) is 83.5 Å². The van der Waals surface area contributed by atoms with Crippen LogP contribution in [0.25, 0.3) is 0 Å². The second-order valence-electron chi connectivity index (χ2n) is 4.19. The molecule has 5 nitrogen and oxygen atoms in total. The molecule has 0 bridgehead atoms. The number of amides is 1. The van der Waals surface area contributed by atoms with E-state index in [9.17, 15) is 14.4 Å². The van der Waals surface area contributed by atoms with Crippen LogP contribution in [-0.2, 0) is 14.4 Å². The second-order valence-corrected chi connectivity index (χ2v) is 5.52. The number of rotatable bonds is 7. The fraction of sp³-hybridized carbons (Fsp3) is 0.727. The molecule has 2 N–H and O–H groups in total. The van der Waals surface area contributed by atoms with Gasteiger partial charge in [-0.15, -0.1) is 11.8 Å². The van der Waals surface area contributed by atoms with Crippen LogP contribution in [0.15, 0.2) is 0 Å². The lowest BCUT2D eigenvalue weighted by atomic mass is 10.0. The SMILES string of the molecule is CC(=O)C(NC(=O)CSC(C)C(=O)O)C(C)C. The molecule has 2 atom stereocenters. The van der Waals surface area contributed by atoms with Gasteiger partial charge in [0.25, 0.3) is 0 Å². The first-order chi connectivity index (χ1) is 7.75. The fourth-order valence-corrected chi connectivity index (χ4v) is 1.85. The lowest BCUT2D eigenvalue weighted by Crippen LogP contribution is -2.44. The van der Waals surface area contributed by atoms with Gasteiger partial charge in [-0.3, -0.25) is 14.4 Å². The number of hydrogen-bond acceptors (Lipinski definition) is 4. The number of carboxylic acids is 1. The van der Waals surface area contributed by atoms with E-state index in [2.05, 4.69) is 5.32 Å². The van der Waals surface area contributed by atoms with E-state index >= 15 is 0 Å². The molecule has 6 heteroatoms. The van der Waals surface area contributed by atoms with E-state index in [1.807, 2.05) is 13.8 Å². The quantitative estimate of drug-likeness (QED) is 0.712. The van der Waals surface area contributed by atoms with Crippen LogP contribution in [0.1, 0.15) is 27.7 Å². The molecule has 0 fully saturated rings. The molecule has 0 saturated carbocycles. The molecule has 0 radical (unpaired) electrons. The number of ketones is 1. The van der Waals surface area contributed by atoms with Crippen molar-refractivity contribution in [1.29, 1.82) is 0 Å². The number of hydrogen-bond donors (Lipinski definition) is 2. The molecule has 0 aromatic rings. The van der Waals surface area contributed by atoms with Gasteiger partial charge in [-0.2, -0.15) is 0 Å². The third kappa shape index (κ3) is 6.31. The Bertz CT molecular complexity index is 304. The first-order valence-corrected chi connectivity index (χ1v) is 6.44. The van der Waals surface area contributed by atoms with Gasteiger partial charge in [-0.1, -0.05) is 13.8 Å². The van der Waals surface area contributed by atoms with Crippen molar-refractivity contribution in [3.63, 3.8) is 0 Å². The largest absolute Gasteiger partial charge is 0.480 e. The highest BCUT2D eigenvalue weighted by molar-refractivity contribution is 8.01. The maximum Gasteiger partial charge on any atom is 0.316 e. The average Bonchev–Trinajstić information content (AvgIpc) is 2.21. The zero-order valence-corrected chi connectivity index (χ0v) is 11.3. The number of carbonyl (C=O) groups is 3. The number of nitrogens with one attached hydrogen (secondary N) is 1. The van der Waals surface area contributed by atoms with Crippen molar-refractivity contribution in [2.24, 2.45) is 5.92 Å². The summed E-state index contributed by atoms with van der Waals surface area (Å²) in [6.45, 7) is 6.64. The van der Waals surface area contributed by atoms with Crippen molar-refractivity contribution >= 4 is 29.4 Å². The Morgan fingerprint density at radius 3 is 2.12 bits per heavy atom. The first kappa shape index (κ1) is 16.0. The van der Waals surface area contributed by atoms with Crippen molar-refractivity contribution < 1.29 is 19.5 Å². The average molecular weight is 261 g/mol. The lowest BCUT2D eigenvalue weighted by Gasteiger charge is -2.19. The summed E-state index contributed by atoms with van der Waals surface area (Å²) in [6, 6.07) is -0.497. The van der Waals surface area contributed by atoms with Crippen LogP contribution in [0.5, 0.6) is 0 Å². The van der Waals surface area contributed by atoms with E-state index in [4.69, 9.17) is 5.11 Å². The third-order valence-electron chi connectivity index (χ3n) is 2.23. The predicted octanol–water partition coefficient (Wildman–Crippen LogP) is 0.922. The molecule has 98 valence electrons. The van der Waals surface area contributed by atoms with Gasteiger partial charge < -0.3 is 10.4 Å². The molecule has 0 aromatic heterocycles. The molecule has 0 aliphatic rings. The van der Waals surface area contributed by atoms with Gasteiger partial charge in [0.2, 0.25) is 5.91 Å². The van der Waals surface area contributed by atoms with Gasteiger partial charge >= 0.3 is 5.97 Å². The molecule has 2 unspecified atom stereocenters. The molecule has 0 rings (SSSR count). The maximum absolute atomic E-state index is 11.5. The Balaban J connectivity index is 4.16. The Kier molecular flexibility index (Phi) is 6.87. The minimum atomic E-state index is -0.949. The number of Topliss-reactive ketones (excluding diaryl/α,β-unsaturated/α-hetero) is 1. The number of aliphatic carboxylic acids is 1. The van der Waals surface area contributed by atoms with E-state index in [0.717, 1.165) is 11.8 Å². The number of carbonyl (C=O) groups excluding carboxylic acids is 2. The van der Waals surface area contributed by atoms with Crippen LogP contribution in [0.3, 0.4) is 0 Å². The minimum Gasteiger partial charge on any atom is -0.480 e. The van der Waals surface area contributed by atoms with Gasteiger partial charge in [0.1, 0.15) is 0 Å². The number of carboxylic acid groups (broad SMARTS) is 1. The molecule has 0 saturated heterocycles. The van der Waals surface area contributed by atoms with Gasteiger partial charge in [-0.25, -0.2) is 0 Å². The number of thioether (sulfide) groups is 1. The summed E-state index contributed by atoms with van der Waals surface area (Å²) in [7, 11) is 0. The molecule has 0 aliphatic carbocycles. The Labute approximate surface area is 105 Å². The molecule has 1 amide bonds. The predicted molar refractivity (Wildman–Crippen MR) is 67.0 cm³/mol. The van der Waals surface area contributed by atoms with E-state index in [-0.39, 0.29) is 23.4 Å². The molecule has 0 spiro atoms. The standard InChI is InChI=1S/C11H19NO4S/c1-6(2)10(7(3)13)12-9(14)5-17-8(4)11(15)16/h6,8,10H,5H2,1-4H3,(H,12,14)(H,15,16). The molecular formula is C11H19NO4S. The van der Waals surface area contributed by atoms with Crippen molar-refractivity contribution in [3.05, 3.63) is 0 Å². The van der Waals surface area contributed by atoms with Crippen LogP contribution < -0.4 is 5.32 Å². The monoisotopic (exact) mass is 261 g/mol. The molecular weight excluding hydrogens is 242 g/mol. The van der Waals surface area contributed by atoms with Gasteiger partial charge in [0.05, 0.1) is 17.0 Å².